The van der Waals surface area contributed by atoms with Crippen molar-refractivity contribution in [1.82, 2.24) is 10.6 Å². The van der Waals surface area contributed by atoms with Crippen LogP contribution in [0.4, 0.5) is 4.79 Å². The third-order valence-corrected chi connectivity index (χ3v) is 7.32. The molecule has 9 heteroatoms. The van der Waals surface area contributed by atoms with E-state index in [4.69, 9.17) is 25.8 Å². The number of aliphatic hydroxyl groups excluding tert-OH is 1. The van der Waals surface area contributed by atoms with E-state index in [0.717, 1.165) is 12.0 Å². The summed E-state index contributed by atoms with van der Waals surface area (Å²) in [6.45, 7) is 5.81. The van der Waals surface area contributed by atoms with Crippen LogP contribution < -0.4 is 15.4 Å². The van der Waals surface area contributed by atoms with Crippen molar-refractivity contribution in [2.75, 3.05) is 14.2 Å². The number of aliphatic hydroxyl groups is 1. The van der Waals surface area contributed by atoms with Gasteiger partial charge in [0.15, 0.2) is 0 Å². The van der Waals surface area contributed by atoms with Crippen LogP contribution in [-0.4, -0.2) is 61.2 Å². The average molecular weight is 521 g/mol. The number of carbonyl (C=O) groups excluding carboxylic acids is 2. The standard InChI is InChI=1S/C27H37ClN2O6/c1-16(12-18-10-11-20(28)22(13-18)34-5)8-6-7-9-19-14-21(35-26(33)30-19)17(2)25-27(3,36-25)23(31)15-24(32)29-4/h6-8,10-11,13,17,19,21,23,25,31H,9,12,14-15H2,1-5H3,(H,29,32)(H,30,33)/b7-6+,16-8+/t17-,19?,21?,23+,25?,27?/m1/s1. The first-order valence-corrected chi connectivity index (χ1v) is 12.6. The number of halogens is 1. The van der Waals surface area contributed by atoms with E-state index in [-0.39, 0.29) is 36.5 Å². The van der Waals surface area contributed by atoms with Gasteiger partial charge in [0.2, 0.25) is 5.91 Å². The molecule has 0 saturated carbocycles. The third kappa shape index (κ3) is 7.02. The molecule has 2 fully saturated rings. The largest absolute Gasteiger partial charge is 0.495 e. The monoisotopic (exact) mass is 520 g/mol. The predicted molar refractivity (Wildman–Crippen MR) is 138 cm³/mol. The summed E-state index contributed by atoms with van der Waals surface area (Å²) in [5, 5.41) is 16.4. The fourth-order valence-electron chi connectivity index (χ4n) is 4.69. The molecular weight excluding hydrogens is 484 g/mol. The molecule has 0 aromatic heterocycles. The van der Waals surface area contributed by atoms with Gasteiger partial charge in [0.25, 0.3) is 0 Å². The van der Waals surface area contributed by atoms with Crippen LogP contribution in [0.3, 0.4) is 0 Å². The normalized spacial score (nSPS) is 27.7. The number of alkyl carbamates (subject to hydrolysis) is 1. The lowest BCUT2D eigenvalue weighted by molar-refractivity contribution is -0.123. The second kappa shape index (κ2) is 12.1. The minimum atomic E-state index is -0.926. The molecule has 3 rings (SSSR count). The van der Waals surface area contributed by atoms with Crippen molar-refractivity contribution in [2.45, 2.75) is 76.4 Å². The van der Waals surface area contributed by atoms with Crippen molar-refractivity contribution in [3.8, 4) is 5.75 Å². The molecule has 1 aromatic rings. The van der Waals surface area contributed by atoms with Gasteiger partial charge < -0.3 is 30.0 Å². The summed E-state index contributed by atoms with van der Waals surface area (Å²) in [4.78, 5) is 23.8. The van der Waals surface area contributed by atoms with Gasteiger partial charge in [-0.1, -0.05) is 48.4 Å². The molecule has 3 N–H and O–H groups in total. The zero-order chi connectivity index (χ0) is 26.5. The number of hydrogen-bond acceptors (Lipinski definition) is 6. The third-order valence-electron chi connectivity index (χ3n) is 7.00. The quantitative estimate of drug-likeness (QED) is 0.301. The molecule has 2 heterocycles. The summed E-state index contributed by atoms with van der Waals surface area (Å²) in [7, 11) is 3.13. The van der Waals surface area contributed by atoms with Gasteiger partial charge in [0, 0.05) is 25.4 Å². The topological polar surface area (TPSA) is 109 Å². The lowest BCUT2D eigenvalue weighted by Crippen LogP contribution is -2.49. The number of benzene rings is 1. The van der Waals surface area contributed by atoms with Crippen LogP contribution >= 0.6 is 11.6 Å². The van der Waals surface area contributed by atoms with Gasteiger partial charge in [-0.2, -0.15) is 0 Å². The molecule has 6 atom stereocenters. The number of cyclic esters (lactones) is 1. The minimum absolute atomic E-state index is 0.0336. The van der Waals surface area contributed by atoms with Crippen molar-refractivity contribution in [3.63, 3.8) is 0 Å². The first-order chi connectivity index (χ1) is 17.1. The Kier molecular flexibility index (Phi) is 9.44. The van der Waals surface area contributed by atoms with Gasteiger partial charge in [0.1, 0.15) is 17.5 Å². The highest BCUT2D eigenvalue weighted by Gasteiger charge is 2.61. The van der Waals surface area contributed by atoms with Crippen LogP contribution in [0.2, 0.25) is 5.02 Å². The number of epoxide rings is 1. The Hall–Kier alpha value is -2.55. The van der Waals surface area contributed by atoms with Crippen molar-refractivity contribution >= 4 is 23.6 Å². The van der Waals surface area contributed by atoms with E-state index in [1.807, 2.05) is 37.3 Å². The number of allylic oxidation sites excluding steroid dienone is 3. The fraction of sp³-hybridized carbons (Fsp3) is 0.556. The summed E-state index contributed by atoms with van der Waals surface area (Å²) in [6.07, 6.45) is 6.12. The van der Waals surface area contributed by atoms with Crippen molar-refractivity contribution in [1.29, 1.82) is 0 Å². The number of rotatable bonds is 11. The maximum Gasteiger partial charge on any atom is 0.407 e. The molecule has 2 amide bonds. The molecule has 2 aliphatic heterocycles. The summed E-state index contributed by atoms with van der Waals surface area (Å²) >= 11 is 6.10. The number of methoxy groups -OCH3 is 1. The van der Waals surface area contributed by atoms with Crippen molar-refractivity contribution in [2.24, 2.45) is 5.92 Å². The second-order valence-corrected chi connectivity index (χ2v) is 10.2. The van der Waals surface area contributed by atoms with E-state index in [9.17, 15) is 14.7 Å². The molecule has 36 heavy (non-hydrogen) atoms. The highest BCUT2D eigenvalue weighted by Crippen LogP contribution is 2.47. The van der Waals surface area contributed by atoms with Crippen LogP contribution in [0, 0.1) is 5.92 Å². The van der Waals surface area contributed by atoms with Crippen LogP contribution in [0.5, 0.6) is 5.75 Å². The van der Waals surface area contributed by atoms with E-state index in [0.29, 0.717) is 23.6 Å². The molecule has 198 valence electrons. The van der Waals surface area contributed by atoms with E-state index in [2.05, 4.69) is 23.6 Å². The van der Waals surface area contributed by atoms with Gasteiger partial charge in [-0.3, -0.25) is 4.79 Å². The molecular formula is C27H37ClN2O6. The highest BCUT2D eigenvalue weighted by molar-refractivity contribution is 6.32. The Morgan fingerprint density at radius 3 is 2.89 bits per heavy atom. The lowest BCUT2D eigenvalue weighted by atomic mass is 9.85. The predicted octanol–water partition coefficient (Wildman–Crippen LogP) is 3.94. The zero-order valence-electron chi connectivity index (χ0n) is 21.5. The number of ether oxygens (including phenoxy) is 3. The fourth-order valence-corrected chi connectivity index (χ4v) is 4.88. The molecule has 0 bridgehead atoms. The first-order valence-electron chi connectivity index (χ1n) is 12.3. The number of amides is 2. The summed E-state index contributed by atoms with van der Waals surface area (Å²) in [6, 6.07) is 5.69. The van der Waals surface area contributed by atoms with Crippen LogP contribution in [0.1, 0.15) is 45.6 Å². The first kappa shape index (κ1) is 28.0. The van der Waals surface area contributed by atoms with Crippen LogP contribution in [0.25, 0.3) is 0 Å². The van der Waals surface area contributed by atoms with E-state index >= 15 is 0 Å². The molecule has 2 saturated heterocycles. The van der Waals surface area contributed by atoms with Gasteiger partial charge in [-0.15, -0.1) is 0 Å². The average Bonchev–Trinajstić information content (AvgIpc) is 3.55. The molecule has 4 unspecified atom stereocenters. The van der Waals surface area contributed by atoms with E-state index in [1.165, 1.54) is 12.6 Å². The second-order valence-electron chi connectivity index (χ2n) is 9.82. The number of carbonyl (C=O) groups is 2. The molecule has 2 aliphatic rings. The number of hydrogen-bond donors (Lipinski definition) is 3. The summed E-state index contributed by atoms with van der Waals surface area (Å²) < 4.78 is 16.6. The molecule has 0 radical (unpaired) electrons. The van der Waals surface area contributed by atoms with Crippen molar-refractivity contribution < 1.29 is 28.9 Å². The Morgan fingerprint density at radius 1 is 1.44 bits per heavy atom. The maximum absolute atomic E-state index is 12.2. The summed E-state index contributed by atoms with van der Waals surface area (Å²) in [5.41, 5.74) is 1.47. The summed E-state index contributed by atoms with van der Waals surface area (Å²) in [5.74, 6) is 0.294. The number of nitrogens with one attached hydrogen (secondary N) is 2. The molecule has 8 nitrogen and oxygen atoms in total. The van der Waals surface area contributed by atoms with E-state index < -0.39 is 17.8 Å². The Bertz CT molecular complexity index is 1010. The van der Waals surface area contributed by atoms with Gasteiger partial charge in [0.05, 0.1) is 30.8 Å². The van der Waals surface area contributed by atoms with Crippen molar-refractivity contribution in [3.05, 3.63) is 52.6 Å². The van der Waals surface area contributed by atoms with Gasteiger partial charge in [-0.05, 0) is 44.4 Å². The zero-order valence-corrected chi connectivity index (χ0v) is 22.3. The van der Waals surface area contributed by atoms with Crippen LogP contribution in [-0.2, 0) is 20.7 Å². The van der Waals surface area contributed by atoms with Crippen LogP contribution in [0.15, 0.2) is 42.0 Å². The maximum atomic E-state index is 12.2. The Morgan fingerprint density at radius 2 is 2.19 bits per heavy atom. The smallest absolute Gasteiger partial charge is 0.407 e. The Balaban J connectivity index is 1.51. The van der Waals surface area contributed by atoms with Gasteiger partial charge >= 0.3 is 6.09 Å². The highest BCUT2D eigenvalue weighted by atomic mass is 35.5. The van der Waals surface area contributed by atoms with Gasteiger partial charge in [-0.25, -0.2) is 4.79 Å². The SMILES string of the molecule is CNC(=O)C[C@H](O)C1(C)OC1[C@H](C)C1CC(C/C=C/C=C(\C)Cc2ccc(Cl)c(OC)c2)NC(=O)O1. The molecule has 0 aliphatic carbocycles. The molecule has 1 aromatic carbocycles. The van der Waals surface area contributed by atoms with E-state index in [1.54, 1.807) is 14.0 Å². The minimum Gasteiger partial charge on any atom is -0.495 e. The lowest BCUT2D eigenvalue weighted by Gasteiger charge is -2.33. The Labute approximate surface area is 218 Å². The molecule has 0 spiro atoms.